The first-order valence-electron chi connectivity index (χ1n) is 11.7. The lowest BCUT2D eigenvalue weighted by Gasteiger charge is -2.45. The van der Waals surface area contributed by atoms with Gasteiger partial charge < -0.3 is 4.90 Å². The molecule has 3 heterocycles. The topological polar surface area (TPSA) is 52.6 Å². The predicted molar refractivity (Wildman–Crippen MR) is 119 cm³/mol. The summed E-state index contributed by atoms with van der Waals surface area (Å²) in [6.07, 6.45) is 6.02. The van der Waals surface area contributed by atoms with Crippen LogP contribution in [0, 0.1) is 0 Å². The van der Waals surface area contributed by atoms with Gasteiger partial charge in [-0.05, 0) is 83.0 Å². The molecule has 3 aliphatic heterocycles. The summed E-state index contributed by atoms with van der Waals surface area (Å²) in [5.74, 6) is 0.104. The maximum atomic E-state index is 12.3. The zero-order valence-electron chi connectivity index (χ0n) is 18.8. The summed E-state index contributed by atoms with van der Waals surface area (Å²) in [7, 11) is 0. The highest BCUT2D eigenvalue weighted by Crippen LogP contribution is 2.34. The van der Waals surface area contributed by atoms with Gasteiger partial charge in [0, 0.05) is 31.1 Å². The highest BCUT2D eigenvalue weighted by Gasteiger charge is 2.32. The van der Waals surface area contributed by atoms with E-state index in [-0.39, 0.29) is 23.3 Å². The number of likely N-dealkylation sites (tertiary alicyclic amines) is 2. The number of nitrogens with zero attached hydrogens (tertiary/aromatic N) is 2. The van der Waals surface area contributed by atoms with Crippen LogP contribution in [0.3, 0.4) is 0 Å². The van der Waals surface area contributed by atoms with Gasteiger partial charge in [0.2, 0.25) is 11.8 Å². The van der Waals surface area contributed by atoms with Crippen molar-refractivity contribution in [2.24, 2.45) is 0 Å². The van der Waals surface area contributed by atoms with Crippen LogP contribution in [0.25, 0.3) is 0 Å². The smallest absolute Gasteiger partial charge is 0.234 e. The Labute approximate surface area is 181 Å². The second-order valence-corrected chi connectivity index (χ2v) is 10.4. The van der Waals surface area contributed by atoms with Crippen LogP contribution in [0.15, 0.2) is 24.3 Å². The van der Waals surface area contributed by atoms with Crippen molar-refractivity contribution in [3.8, 4) is 0 Å². The zero-order chi connectivity index (χ0) is 21.3. The monoisotopic (exact) mass is 411 g/mol. The number of hydrogen-bond acceptors (Lipinski definition) is 4. The van der Waals surface area contributed by atoms with Gasteiger partial charge in [-0.1, -0.05) is 24.3 Å². The number of benzene rings is 1. The molecule has 0 radical (unpaired) electrons. The van der Waals surface area contributed by atoms with Crippen LogP contribution in [0.1, 0.15) is 82.3 Å². The molecule has 1 N–H and O–H groups in total. The van der Waals surface area contributed by atoms with Crippen LogP contribution >= 0.6 is 0 Å². The molecule has 0 aromatic heterocycles. The molecular weight excluding hydrogens is 374 g/mol. The van der Waals surface area contributed by atoms with Gasteiger partial charge in [0.1, 0.15) is 0 Å². The molecule has 3 saturated heterocycles. The molecular formula is C25H37N3O2. The van der Waals surface area contributed by atoms with Crippen LogP contribution in [-0.4, -0.2) is 59.4 Å². The largest absolute Gasteiger partial charge is 0.300 e. The Bertz CT molecular complexity index is 769. The molecule has 5 nitrogen and oxygen atoms in total. The molecule has 0 saturated carbocycles. The lowest BCUT2D eigenvalue weighted by molar-refractivity contribution is -0.134. The summed E-state index contributed by atoms with van der Waals surface area (Å²) in [6.45, 7) is 11.7. The average Bonchev–Trinajstić information content (AvgIpc) is 2.73. The number of hydrogen-bond donors (Lipinski definition) is 1. The van der Waals surface area contributed by atoms with Gasteiger partial charge in [0.05, 0.1) is 5.92 Å². The van der Waals surface area contributed by atoms with Gasteiger partial charge in [0.25, 0.3) is 0 Å². The van der Waals surface area contributed by atoms with E-state index in [0.29, 0.717) is 18.8 Å². The molecule has 1 atom stereocenters. The van der Waals surface area contributed by atoms with Crippen molar-refractivity contribution in [2.75, 3.05) is 26.2 Å². The summed E-state index contributed by atoms with van der Waals surface area (Å²) >= 11 is 0. The number of amides is 2. The fourth-order valence-electron chi connectivity index (χ4n) is 5.54. The fourth-order valence-corrected chi connectivity index (χ4v) is 5.54. The maximum Gasteiger partial charge on any atom is 0.234 e. The number of nitrogens with one attached hydrogen (secondary N) is 1. The molecule has 3 fully saturated rings. The molecule has 5 heteroatoms. The molecule has 30 heavy (non-hydrogen) atoms. The number of carbonyl (C=O) groups is 2. The third-order valence-corrected chi connectivity index (χ3v) is 7.48. The van der Waals surface area contributed by atoms with Crippen molar-refractivity contribution in [3.63, 3.8) is 0 Å². The highest BCUT2D eigenvalue weighted by molar-refractivity contribution is 6.00. The minimum absolute atomic E-state index is 0.139. The van der Waals surface area contributed by atoms with Crippen molar-refractivity contribution in [2.45, 2.75) is 82.7 Å². The predicted octanol–water partition coefficient (Wildman–Crippen LogP) is 3.65. The van der Waals surface area contributed by atoms with E-state index in [0.717, 1.165) is 11.6 Å². The maximum absolute atomic E-state index is 12.3. The van der Waals surface area contributed by atoms with Crippen molar-refractivity contribution < 1.29 is 9.59 Å². The van der Waals surface area contributed by atoms with E-state index in [1.165, 1.54) is 57.4 Å². The molecule has 0 bridgehead atoms. The Morgan fingerprint density at radius 1 is 0.900 bits per heavy atom. The van der Waals surface area contributed by atoms with E-state index in [2.05, 4.69) is 54.1 Å². The molecule has 1 aromatic carbocycles. The summed E-state index contributed by atoms with van der Waals surface area (Å²) < 4.78 is 0. The lowest BCUT2D eigenvalue weighted by atomic mass is 9.84. The van der Waals surface area contributed by atoms with Gasteiger partial charge in [-0.25, -0.2) is 0 Å². The van der Waals surface area contributed by atoms with Crippen molar-refractivity contribution in [3.05, 3.63) is 35.4 Å². The third-order valence-electron chi connectivity index (χ3n) is 7.48. The number of imide groups is 1. The number of piperidine rings is 3. The molecule has 164 valence electrons. The van der Waals surface area contributed by atoms with Crippen LogP contribution in [-0.2, 0) is 9.59 Å². The molecule has 4 rings (SSSR count). The van der Waals surface area contributed by atoms with E-state index in [1.54, 1.807) is 0 Å². The Kier molecular flexibility index (Phi) is 6.31. The molecule has 1 unspecified atom stereocenters. The standard InChI is InChI=1S/C25H37N3O2/c1-25(2,3)28-15-11-21(12-16-28)27-13-9-18(10-14-27)19-5-4-6-20(17-19)22-7-8-23(29)26-24(22)30/h4-6,17-18,21-22H,7-16H2,1-3H3,(H,26,29,30). The summed E-state index contributed by atoms with van der Waals surface area (Å²) in [5.41, 5.74) is 2.71. The fraction of sp³-hybridized carbons (Fsp3) is 0.680. The van der Waals surface area contributed by atoms with E-state index in [1.807, 2.05) is 6.07 Å². The molecule has 1 aromatic rings. The quantitative estimate of drug-likeness (QED) is 0.772. The van der Waals surface area contributed by atoms with Crippen molar-refractivity contribution in [1.29, 1.82) is 0 Å². The van der Waals surface area contributed by atoms with E-state index in [4.69, 9.17) is 0 Å². The first-order valence-corrected chi connectivity index (χ1v) is 11.7. The Balaban J connectivity index is 1.33. The van der Waals surface area contributed by atoms with Gasteiger partial charge in [-0.3, -0.25) is 19.8 Å². The van der Waals surface area contributed by atoms with Crippen LogP contribution in [0.4, 0.5) is 0 Å². The first-order chi connectivity index (χ1) is 14.3. The molecule has 0 aliphatic carbocycles. The number of carbonyl (C=O) groups excluding carboxylic acids is 2. The minimum Gasteiger partial charge on any atom is -0.300 e. The third kappa shape index (κ3) is 4.78. The Morgan fingerprint density at radius 2 is 1.57 bits per heavy atom. The minimum atomic E-state index is -0.185. The second kappa shape index (κ2) is 8.80. The highest BCUT2D eigenvalue weighted by atomic mass is 16.2. The van der Waals surface area contributed by atoms with Crippen LogP contribution < -0.4 is 5.32 Å². The van der Waals surface area contributed by atoms with Crippen LogP contribution in [0.5, 0.6) is 0 Å². The second-order valence-electron chi connectivity index (χ2n) is 10.4. The Morgan fingerprint density at radius 3 is 2.20 bits per heavy atom. The first kappa shape index (κ1) is 21.5. The molecule has 0 spiro atoms. The Hall–Kier alpha value is -1.72. The molecule has 2 amide bonds. The van der Waals surface area contributed by atoms with Gasteiger partial charge in [0.15, 0.2) is 0 Å². The van der Waals surface area contributed by atoms with E-state index < -0.39 is 0 Å². The summed E-state index contributed by atoms with van der Waals surface area (Å²) in [6, 6.07) is 9.31. The lowest BCUT2D eigenvalue weighted by Crippen LogP contribution is -2.52. The number of rotatable bonds is 3. The van der Waals surface area contributed by atoms with Gasteiger partial charge in [-0.2, -0.15) is 0 Å². The zero-order valence-corrected chi connectivity index (χ0v) is 18.8. The van der Waals surface area contributed by atoms with Gasteiger partial charge >= 0.3 is 0 Å². The van der Waals surface area contributed by atoms with E-state index >= 15 is 0 Å². The van der Waals surface area contributed by atoms with E-state index in [9.17, 15) is 9.59 Å². The SMILES string of the molecule is CC(C)(C)N1CCC(N2CCC(c3cccc(C4CCC(=O)NC4=O)c3)CC2)CC1. The average molecular weight is 412 g/mol. The summed E-state index contributed by atoms with van der Waals surface area (Å²) in [5, 5.41) is 2.49. The normalized spacial score (nSPS) is 26.0. The van der Waals surface area contributed by atoms with Crippen LogP contribution in [0.2, 0.25) is 0 Å². The van der Waals surface area contributed by atoms with Crippen molar-refractivity contribution in [1.82, 2.24) is 15.1 Å². The van der Waals surface area contributed by atoms with Gasteiger partial charge in [-0.15, -0.1) is 0 Å². The molecule has 3 aliphatic rings. The van der Waals surface area contributed by atoms with Crippen molar-refractivity contribution >= 4 is 11.8 Å². The summed E-state index contributed by atoms with van der Waals surface area (Å²) in [4.78, 5) is 29.1.